The van der Waals surface area contributed by atoms with Gasteiger partial charge in [0, 0.05) is 17.0 Å². The molecule has 0 bridgehead atoms. The van der Waals surface area contributed by atoms with Crippen LogP contribution >= 0.6 is 0 Å². The summed E-state index contributed by atoms with van der Waals surface area (Å²) in [5, 5.41) is 20.3. The van der Waals surface area contributed by atoms with Crippen molar-refractivity contribution in [3.05, 3.63) is 70.7 Å². The van der Waals surface area contributed by atoms with Crippen LogP contribution in [0.2, 0.25) is 0 Å². The Morgan fingerprint density at radius 2 is 1.78 bits per heavy atom. The van der Waals surface area contributed by atoms with Gasteiger partial charge in [-0.25, -0.2) is 9.37 Å². The van der Waals surface area contributed by atoms with Crippen LogP contribution < -0.4 is 11.1 Å². The van der Waals surface area contributed by atoms with E-state index in [4.69, 9.17) is 11.0 Å². The van der Waals surface area contributed by atoms with Gasteiger partial charge in [-0.1, -0.05) is 12.1 Å². The predicted octanol–water partition coefficient (Wildman–Crippen LogP) is 5.01. The Morgan fingerprint density at radius 3 is 2.44 bits per heavy atom. The summed E-state index contributed by atoms with van der Waals surface area (Å²) < 4.78 is 14.6. The van der Waals surface area contributed by atoms with Gasteiger partial charge in [-0.05, 0) is 73.4 Å². The topological polar surface area (TPSA) is 113 Å². The van der Waals surface area contributed by atoms with E-state index in [1.807, 2.05) is 45.0 Å². The maximum absolute atomic E-state index is 14.6. The number of aryl methyl sites for hydroxylation is 3. The fraction of sp³-hybridized carbons (Fsp3) is 0.125. The summed E-state index contributed by atoms with van der Waals surface area (Å²) in [5.74, 6) is 0.436. The second kappa shape index (κ2) is 8.40. The van der Waals surface area contributed by atoms with E-state index in [2.05, 4.69) is 25.5 Å². The van der Waals surface area contributed by atoms with Gasteiger partial charge in [0.15, 0.2) is 5.82 Å². The standard InChI is InChI=1S/C24H20FN7/c1-13-9-16(5-4-8-26)10-14(2)21(13)18-11-17(25)12-19-22(18)29-24(30-23(19)27)28-20-7-6-15(3)31-32-20/h4-7,9-12H,1-3H3,(H3,27,28,29,30,32)/b5-4+. The highest BCUT2D eigenvalue weighted by atomic mass is 19.1. The molecule has 0 saturated heterocycles. The molecule has 8 heteroatoms. The van der Waals surface area contributed by atoms with Crippen molar-refractivity contribution in [2.75, 3.05) is 11.1 Å². The Morgan fingerprint density at radius 1 is 1.03 bits per heavy atom. The zero-order valence-electron chi connectivity index (χ0n) is 17.8. The van der Waals surface area contributed by atoms with Crippen molar-refractivity contribution in [1.29, 1.82) is 5.26 Å². The number of nitrogen functional groups attached to an aromatic ring is 1. The lowest BCUT2D eigenvalue weighted by atomic mass is 9.92. The molecule has 2 aromatic heterocycles. The molecule has 0 fully saturated rings. The van der Waals surface area contributed by atoms with Gasteiger partial charge in [0.05, 0.1) is 17.3 Å². The molecule has 2 heterocycles. The van der Waals surface area contributed by atoms with Crippen LogP contribution in [0.25, 0.3) is 28.1 Å². The van der Waals surface area contributed by atoms with Crippen LogP contribution in [0.3, 0.4) is 0 Å². The fourth-order valence-electron chi connectivity index (χ4n) is 3.70. The van der Waals surface area contributed by atoms with Crippen LogP contribution in [0.4, 0.5) is 22.0 Å². The molecule has 7 nitrogen and oxygen atoms in total. The summed E-state index contributed by atoms with van der Waals surface area (Å²) in [5.41, 5.74) is 11.7. The Balaban J connectivity index is 1.90. The number of anilines is 3. The van der Waals surface area contributed by atoms with Gasteiger partial charge in [-0.3, -0.25) is 0 Å². The number of allylic oxidation sites excluding steroid dienone is 1. The lowest BCUT2D eigenvalue weighted by molar-refractivity contribution is 0.630. The predicted molar refractivity (Wildman–Crippen MR) is 124 cm³/mol. The number of nitriles is 1. The Bertz CT molecular complexity index is 1380. The van der Waals surface area contributed by atoms with E-state index in [1.54, 1.807) is 12.1 Å². The van der Waals surface area contributed by atoms with E-state index in [9.17, 15) is 4.39 Å². The van der Waals surface area contributed by atoms with Gasteiger partial charge in [0.1, 0.15) is 11.6 Å². The van der Waals surface area contributed by atoms with Crippen molar-refractivity contribution in [1.82, 2.24) is 20.2 Å². The number of nitrogens with zero attached hydrogens (tertiary/aromatic N) is 5. The number of benzene rings is 2. The minimum atomic E-state index is -0.430. The number of nitrogens with one attached hydrogen (secondary N) is 1. The average molecular weight is 425 g/mol. The molecule has 32 heavy (non-hydrogen) atoms. The minimum absolute atomic E-state index is 0.155. The third-order valence-corrected chi connectivity index (χ3v) is 5.01. The van der Waals surface area contributed by atoms with E-state index in [0.717, 1.165) is 27.9 Å². The van der Waals surface area contributed by atoms with Crippen molar-refractivity contribution in [2.45, 2.75) is 20.8 Å². The van der Waals surface area contributed by atoms with E-state index in [0.29, 0.717) is 22.3 Å². The van der Waals surface area contributed by atoms with E-state index in [-0.39, 0.29) is 11.8 Å². The summed E-state index contributed by atoms with van der Waals surface area (Å²) in [6.45, 7) is 5.72. The van der Waals surface area contributed by atoms with E-state index >= 15 is 0 Å². The fourth-order valence-corrected chi connectivity index (χ4v) is 3.70. The number of halogens is 1. The molecule has 0 saturated carbocycles. The normalized spacial score (nSPS) is 11.1. The number of nitrogens with two attached hydrogens (primary N) is 1. The zero-order valence-corrected chi connectivity index (χ0v) is 17.8. The van der Waals surface area contributed by atoms with Crippen molar-refractivity contribution < 1.29 is 4.39 Å². The first kappa shape index (κ1) is 20.9. The molecule has 0 amide bonds. The van der Waals surface area contributed by atoms with Gasteiger partial charge in [-0.2, -0.15) is 15.3 Å². The molecule has 0 atom stereocenters. The quantitative estimate of drug-likeness (QED) is 0.442. The third-order valence-electron chi connectivity index (χ3n) is 5.01. The Labute approximate surface area is 184 Å². The van der Waals surface area contributed by atoms with Crippen LogP contribution in [0.1, 0.15) is 22.4 Å². The number of hydrogen-bond donors (Lipinski definition) is 2. The smallest absolute Gasteiger partial charge is 0.230 e. The molecule has 0 aliphatic rings. The van der Waals surface area contributed by atoms with Crippen molar-refractivity contribution in [3.63, 3.8) is 0 Å². The van der Waals surface area contributed by atoms with Gasteiger partial charge >= 0.3 is 0 Å². The van der Waals surface area contributed by atoms with E-state index < -0.39 is 5.82 Å². The number of fused-ring (bicyclic) bond motifs is 1. The Kier molecular flexibility index (Phi) is 5.48. The molecule has 4 rings (SSSR count). The first-order valence-electron chi connectivity index (χ1n) is 9.87. The highest BCUT2D eigenvalue weighted by Gasteiger charge is 2.17. The summed E-state index contributed by atoms with van der Waals surface area (Å²) >= 11 is 0. The second-order valence-electron chi connectivity index (χ2n) is 7.46. The monoisotopic (exact) mass is 425 g/mol. The van der Waals surface area contributed by atoms with Gasteiger partial charge in [0.25, 0.3) is 0 Å². The van der Waals surface area contributed by atoms with Crippen LogP contribution in [0.15, 0.2) is 42.5 Å². The number of hydrogen-bond acceptors (Lipinski definition) is 7. The Hall–Kier alpha value is -4.38. The van der Waals surface area contributed by atoms with Crippen molar-refractivity contribution in [3.8, 4) is 17.2 Å². The largest absolute Gasteiger partial charge is 0.383 e. The van der Waals surface area contributed by atoms with Gasteiger partial charge in [-0.15, -0.1) is 5.10 Å². The SMILES string of the molecule is Cc1ccc(Nc2nc(N)c3cc(F)cc(-c4c(C)cc(/C=C/C#N)cc4C)c3n2)nn1. The van der Waals surface area contributed by atoms with Crippen LogP contribution in [-0.2, 0) is 0 Å². The van der Waals surface area contributed by atoms with Crippen molar-refractivity contribution >= 4 is 34.6 Å². The third kappa shape index (κ3) is 4.09. The molecule has 4 aromatic rings. The highest BCUT2D eigenvalue weighted by molar-refractivity contribution is 6.00. The molecule has 0 aliphatic heterocycles. The van der Waals surface area contributed by atoms with Crippen molar-refractivity contribution in [2.24, 2.45) is 0 Å². The summed E-state index contributed by atoms with van der Waals surface area (Å²) in [6.07, 6.45) is 3.16. The lowest BCUT2D eigenvalue weighted by Crippen LogP contribution is -2.05. The van der Waals surface area contributed by atoms with Crippen LogP contribution in [0.5, 0.6) is 0 Å². The van der Waals surface area contributed by atoms with Crippen LogP contribution in [-0.4, -0.2) is 20.2 Å². The summed E-state index contributed by atoms with van der Waals surface area (Å²) in [4.78, 5) is 8.90. The van der Waals surface area contributed by atoms with Gasteiger partial charge < -0.3 is 11.1 Å². The molecule has 0 aliphatic carbocycles. The molecular formula is C24H20FN7. The van der Waals surface area contributed by atoms with E-state index in [1.165, 1.54) is 18.2 Å². The van der Waals surface area contributed by atoms with Crippen LogP contribution in [0, 0.1) is 37.9 Å². The molecule has 2 aromatic carbocycles. The molecule has 0 radical (unpaired) electrons. The average Bonchev–Trinajstić information content (AvgIpc) is 2.74. The number of aromatic nitrogens is 4. The lowest BCUT2D eigenvalue weighted by Gasteiger charge is -2.15. The summed E-state index contributed by atoms with van der Waals surface area (Å²) in [6, 6.07) is 12.2. The second-order valence-corrected chi connectivity index (χ2v) is 7.46. The highest BCUT2D eigenvalue weighted by Crippen LogP contribution is 2.36. The molecule has 0 spiro atoms. The maximum Gasteiger partial charge on any atom is 0.230 e. The molecule has 3 N–H and O–H groups in total. The zero-order chi connectivity index (χ0) is 22.8. The molecule has 158 valence electrons. The molecular weight excluding hydrogens is 405 g/mol. The van der Waals surface area contributed by atoms with Gasteiger partial charge in [0.2, 0.25) is 5.95 Å². The minimum Gasteiger partial charge on any atom is -0.383 e. The first-order valence-corrected chi connectivity index (χ1v) is 9.87. The summed E-state index contributed by atoms with van der Waals surface area (Å²) in [7, 11) is 0. The number of rotatable bonds is 4. The maximum atomic E-state index is 14.6. The molecule has 0 unspecified atom stereocenters. The first-order chi connectivity index (χ1) is 15.4.